The molecule has 1 aromatic heterocycles. The molecule has 1 amide bonds. The van der Waals surface area contributed by atoms with Crippen LogP contribution in [0.25, 0.3) is 0 Å². The van der Waals surface area contributed by atoms with Gasteiger partial charge in [0.2, 0.25) is 0 Å². The summed E-state index contributed by atoms with van der Waals surface area (Å²) in [6.07, 6.45) is 6.19. The Kier molecular flexibility index (Phi) is 2.99. The Morgan fingerprint density at radius 1 is 1.27 bits per heavy atom. The Labute approximate surface area is 89.1 Å². The number of hydrogen-bond acceptors (Lipinski definition) is 3. The van der Waals surface area contributed by atoms with Crippen molar-refractivity contribution in [2.75, 3.05) is 13.1 Å². The molecule has 2 rings (SSSR count). The third-order valence-electron chi connectivity index (χ3n) is 2.71. The maximum atomic E-state index is 12.0. The second-order valence-electron chi connectivity index (χ2n) is 3.93. The number of amides is 1. The van der Waals surface area contributed by atoms with Crippen LogP contribution in [0.15, 0.2) is 6.20 Å². The van der Waals surface area contributed by atoms with Crippen molar-refractivity contribution in [2.45, 2.75) is 25.7 Å². The lowest BCUT2D eigenvalue weighted by Gasteiger charge is -2.18. The van der Waals surface area contributed by atoms with Gasteiger partial charge in [-0.2, -0.15) is 9.90 Å². The fourth-order valence-electron chi connectivity index (χ4n) is 1.88. The molecule has 0 saturated carbocycles. The van der Waals surface area contributed by atoms with Crippen molar-refractivity contribution in [3.05, 3.63) is 11.9 Å². The van der Waals surface area contributed by atoms with Crippen LogP contribution >= 0.6 is 0 Å². The zero-order valence-electron chi connectivity index (χ0n) is 9.02. The van der Waals surface area contributed by atoms with Gasteiger partial charge < -0.3 is 4.90 Å². The number of carbonyl (C=O) groups is 1. The van der Waals surface area contributed by atoms with Crippen molar-refractivity contribution in [1.82, 2.24) is 19.9 Å². The number of hydrogen-bond donors (Lipinski definition) is 0. The van der Waals surface area contributed by atoms with Gasteiger partial charge in [-0.05, 0) is 12.8 Å². The van der Waals surface area contributed by atoms with Crippen molar-refractivity contribution >= 4 is 5.91 Å². The van der Waals surface area contributed by atoms with E-state index in [1.165, 1.54) is 23.8 Å². The summed E-state index contributed by atoms with van der Waals surface area (Å²) < 4.78 is 0. The topological polar surface area (TPSA) is 51.0 Å². The Hall–Kier alpha value is -1.39. The van der Waals surface area contributed by atoms with E-state index < -0.39 is 0 Å². The van der Waals surface area contributed by atoms with Gasteiger partial charge >= 0.3 is 0 Å². The molecule has 5 heteroatoms. The van der Waals surface area contributed by atoms with E-state index in [-0.39, 0.29) is 5.91 Å². The van der Waals surface area contributed by atoms with Gasteiger partial charge in [-0.3, -0.25) is 4.79 Å². The van der Waals surface area contributed by atoms with Gasteiger partial charge in [-0.25, -0.2) is 0 Å². The first-order valence-corrected chi connectivity index (χ1v) is 5.43. The first-order valence-electron chi connectivity index (χ1n) is 5.43. The Morgan fingerprint density at radius 3 is 2.47 bits per heavy atom. The van der Waals surface area contributed by atoms with Crippen molar-refractivity contribution in [3.63, 3.8) is 0 Å². The average molecular weight is 208 g/mol. The van der Waals surface area contributed by atoms with E-state index in [0.29, 0.717) is 5.69 Å². The smallest absolute Gasteiger partial charge is 0.276 e. The summed E-state index contributed by atoms with van der Waals surface area (Å²) in [5.41, 5.74) is 0.458. The van der Waals surface area contributed by atoms with E-state index in [4.69, 9.17) is 0 Å². The van der Waals surface area contributed by atoms with E-state index in [9.17, 15) is 4.79 Å². The summed E-state index contributed by atoms with van der Waals surface area (Å²) in [4.78, 5) is 15.3. The largest absolute Gasteiger partial charge is 0.337 e. The molecular formula is C10H16N4O. The molecule has 1 aromatic rings. The summed E-state index contributed by atoms with van der Waals surface area (Å²) in [5.74, 6) is 0.0185. The van der Waals surface area contributed by atoms with Crippen molar-refractivity contribution in [3.8, 4) is 0 Å². The zero-order chi connectivity index (χ0) is 10.7. The van der Waals surface area contributed by atoms with Crippen LogP contribution in [0.4, 0.5) is 0 Å². The molecule has 0 radical (unpaired) electrons. The van der Waals surface area contributed by atoms with E-state index in [0.717, 1.165) is 25.9 Å². The Bertz CT molecular complexity index is 339. The number of nitrogens with zero attached hydrogens (tertiary/aromatic N) is 4. The van der Waals surface area contributed by atoms with E-state index in [1.807, 2.05) is 4.90 Å². The molecule has 0 bridgehead atoms. The molecule has 2 heterocycles. The lowest BCUT2D eigenvalue weighted by Crippen LogP contribution is -2.32. The number of aromatic nitrogens is 3. The van der Waals surface area contributed by atoms with Crippen LogP contribution in [-0.2, 0) is 7.05 Å². The van der Waals surface area contributed by atoms with Crippen LogP contribution in [-0.4, -0.2) is 38.9 Å². The second-order valence-corrected chi connectivity index (χ2v) is 3.93. The first-order chi connectivity index (χ1) is 7.27. The molecule has 0 unspecified atom stereocenters. The van der Waals surface area contributed by atoms with Crippen LogP contribution in [0.5, 0.6) is 0 Å². The minimum Gasteiger partial charge on any atom is -0.337 e. The lowest BCUT2D eigenvalue weighted by molar-refractivity contribution is 0.0755. The highest BCUT2D eigenvalue weighted by Gasteiger charge is 2.19. The molecule has 0 aromatic carbocycles. The molecule has 1 fully saturated rings. The lowest BCUT2D eigenvalue weighted by atomic mass is 10.2. The molecule has 0 aliphatic carbocycles. The molecule has 1 saturated heterocycles. The van der Waals surface area contributed by atoms with Crippen LogP contribution < -0.4 is 0 Å². The summed E-state index contributed by atoms with van der Waals surface area (Å²) >= 11 is 0. The standard InChI is InChI=1S/C10H16N4O/c1-13-11-8-9(12-13)10(15)14-6-4-2-3-5-7-14/h8H,2-7H2,1H3. The summed E-state index contributed by atoms with van der Waals surface area (Å²) in [6, 6.07) is 0. The second kappa shape index (κ2) is 4.42. The van der Waals surface area contributed by atoms with Gasteiger partial charge in [0.05, 0.1) is 6.20 Å². The molecule has 1 aliphatic heterocycles. The summed E-state index contributed by atoms with van der Waals surface area (Å²) in [6.45, 7) is 1.71. The van der Waals surface area contributed by atoms with Crippen molar-refractivity contribution in [2.24, 2.45) is 7.05 Å². The minimum atomic E-state index is 0.0185. The number of likely N-dealkylation sites (tertiary alicyclic amines) is 1. The molecule has 15 heavy (non-hydrogen) atoms. The number of rotatable bonds is 1. The molecule has 0 spiro atoms. The van der Waals surface area contributed by atoms with Gasteiger partial charge in [0.25, 0.3) is 5.91 Å². The maximum absolute atomic E-state index is 12.0. The van der Waals surface area contributed by atoms with E-state index >= 15 is 0 Å². The monoisotopic (exact) mass is 208 g/mol. The van der Waals surface area contributed by atoms with Crippen molar-refractivity contribution in [1.29, 1.82) is 0 Å². The molecule has 0 atom stereocenters. The van der Waals surface area contributed by atoms with Gasteiger partial charge in [-0.1, -0.05) is 12.8 Å². The normalized spacial score (nSPS) is 17.5. The fourth-order valence-corrected chi connectivity index (χ4v) is 1.88. The number of carbonyl (C=O) groups excluding carboxylic acids is 1. The van der Waals surface area contributed by atoms with E-state index in [2.05, 4.69) is 10.2 Å². The highest BCUT2D eigenvalue weighted by atomic mass is 16.2. The van der Waals surface area contributed by atoms with Gasteiger partial charge in [0, 0.05) is 20.1 Å². The molecule has 1 aliphatic rings. The predicted octanol–water partition coefficient (Wildman–Crippen LogP) is 0.831. The SMILES string of the molecule is Cn1ncc(C(=O)N2CCCCCC2)n1. The fraction of sp³-hybridized carbons (Fsp3) is 0.700. The Morgan fingerprint density at radius 2 is 1.93 bits per heavy atom. The average Bonchev–Trinajstić information content (AvgIpc) is 2.53. The molecule has 82 valence electrons. The van der Waals surface area contributed by atoms with Crippen LogP contribution in [0, 0.1) is 0 Å². The highest BCUT2D eigenvalue weighted by Crippen LogP contribution is 2.11. The quantitative estimate of drug-likeness (QED) is 0.687. The van der Waals surface area contributed by atoms with Gasteiger partial charge in [-0.15, -0.1) is 5.10 Å². The third kappa shape index (κ3) is 2.34. The third-order valence-corrected chi connectivity index (χ3v) is 2.71. The van der Waals surface area contributed by atoms with Crippen molar-refractivity contribution < 1.29 is 4.79 Å². The Balaban J connectivity index is 2.06. The van der Waals surface area contributed by atoms with Crippen LogP contribution in [0.1, 0.15) is 36.2 Å². The molecule has 0 N–H and O–H groups in total. The van der Waals surface area contributed by atoms with Crippen LogP contribution in [0.3, 0.4) is 0 Å². The zero-order valence-corrected chi connectivity index (χ0v) is 9.02. The van der Waals surface area contributed by atoms with Crippen LogP contribution in [0.2, 0.25) is 0 Å². The molecular weight excluding hydrogens is 192 g/mol. The van der Waals surface area contributed by atoms with Gasteiger partial charge in [0.15, 0.2) is 5.69 Å². The van der Waals surface area contributed by atoms with E-state index in [1.54, 1.807) is 7.05 Å². The van der Waals surface area contributed by atoms with Gasteiger partial charge in [0.1, 0.15) is 0 Å². The first kappa shape index (κ1) is 10.1. The number of aryl methyl sites for hydroxylation is 1. The minimum absolute atomic E-state index is 0.0185. The summed E-state index contributed by atoms with van der Waals surface area (Å²) in [7, 11) is 1.72. The predicted molar refractivity (Wildman–Crippen MR) is 55.4 cm³/mol. The highest BCUT2D eigenvalue weighted by molar-refractivity contribution is 5.91. The summed E-state index contributed by atoms with van der Waals surface area (Å²) in [5, 5.41) is 7.94. The molecule has 5 nitrogen and oxygen atoms in total. The maximum Gasteiger partial charge on any atom is 0.276 e.